The maximum atomic E-state index is 5.32. The number of aliphatic imine (C=N–C) groups is 1. The average molecular weight is 343 g/mol. The highest BCUT2D eigenvalue weighted by Gasteiger charge is 2.06. The average Bonchev–Trinajstić information content (AvgIpc) is 2.65. The Morgan fingerprint density at radius 2 is 1.72 bits per heavy atom. The Morgan fingerprint density at radius 3 is 2.40 bits per heavy atom. The minimum atomic E-state index is 0.604. The van der Waals surface area contributed by atoms with Gasteiger partial charge in [0.25, 0.3) is 0 Å². The summed E-state index contributed by atoms with van der Waals surface area (Å²) in [6.07, 6.45) is 0. The smallest absolute Gasteiger partial charge is 0.195 e. The Balaban J connectivity index is 2.00. The van der Waals surface area contributed by atoms with E-state index in [1.54, 1.807) is 28.4 Å². The molecule has 25 heavy (non-hydrogen) atoms. The van der Waals surface area contributed by atoms with Crippen LogP contribution in [0.3, 0.4) is 0 Å². The van der Waals surface area contributed by atoms with E-state index in [4.69, 9.17) is 14.2 Å². The number of rotatable bonds is 7. The Hall–Kier alpha value is -2.73. The summed E-state index contributed by atoms with van der Waals surface area (Å²) in [6, 6.07) is 13.9. The van der Waals surface area contributed by atoms with Crippen LogP contribution in [0, 0.1) is 0 Å². The molecule has 0 saturated carbocycles. The van der Waals surface area contributed by atoms with E-state index < -0.39 is 0 Å². The van der Waals surface area contributed by atoms with E-state index >= 15 is 0 Å². The lowest BCUT2D eigenvalue weighted by molar-refractivity contribution is 0.185. The number of anilines is 1. The van der Waals surface area contributed by atoms with Gasteiger partial charge in [0.05, 0.1) is 20.8 Å². The van der Waals surface area contributed by atoms with Gasteiger partial charge in [0, 0.05) is 32.5 Å². The molecular formula is C19H25N3O3. The zero-order valence-corrected chi connectivity index (χ0v) is 15.1. The van der Waals surface area contributed by atoms with E-state index in [1.807, 2.05) is 30.3 Å². The molecule has 0 spiro atoms. The number of nitrogens with one attached hydrogen (secondary N) is 2. The molecule has 6 heteroatoms. The molecule has 0 saturated heterocycles. The van der Waals surface area contributed by atoms with E-state index in [0.29, 0.717) is 30.6 Å². The van der Waals surface area contributed by atoms with Gasteiger partial charge in [0.1, 0.15) is 0 Å². The SMILES string of the molecule is CN=C(NCc1cccc(COC)c1)Nc1ccc(OC)c(OC)c1. The van der Waals surface area contributed by atoms with E-state index in [2.05, 4.69) is 27.8 Å². The summed E-state index contributed by atoms with van der Waals surface area (Å²) in [6.45, 7) is 1.26. The maximum absolute atomic E-state index is 5.32. The number of ether oxygens (including phenoxy) is 3. The molecule has 0 bridgehead atoms. The zero-order chi connectivity index (χ0) is 18.1. The monoisotopic (exact) mass is 343 g/mol. The van der Waals surface area contributed by atoms with Gasteiger partial charge in [0.2, 0.25) is 0 Å². The standard InChI is InChI=1S/C19H25N3O3/c1-20-19(21-12-14-6-5-7-15(10-14)13-23-2)22-16-8-9-17(24-3)18(11-16)25-4/h5-11H,12-13H2,1-4H3,(H2,20,21,22). The first-order chi connectivity index (χ1) is 12.2. The molecule has 0 amide bonds. The van der Waals surface area contributed by atoms with Gasteiger partial charge in [-0.05, 0) is 23.3 Å². The molecule has 6 nitrogen and oxygen atoms in total. The summed E-state index contributed by atoms with van der Waals surface area (Å²) in [5.74, 6) is 2.02. The molecule has 0 atom stereocenters. The Labute approximate surface area is 148 Å². The van der Waals surface area contributed by atoms with Gasteiger partial charge in [-0.3, -0.25) is 4.99 Å². The molecule has 0 heterocycles. The number of benzene rings is 2. The second-order valence-electron chi connectivity index (χ2n) is 5.37. The second kappa shape index (κ2) is 9.54. The van der Waals surface area contributed by atoms with Crippen molar-refractivity contribution in [2.24, 2.45) is 4.99 Å². The largest absolute Gasteiger partial charge is 0.493 e. The van der Waals surface area contributed by atoms with Crippen molar-refractivity contribution in [1.82, 2.24) is 5.32 Å². The molecule has 0 radical (unpaired) electrons. The van der Waals surface area contributed by atoms with Gasteiger partial charge in [-0.1, -0.05) is 24.3 Å². The summed E-state index contributed by atoms with van der Waals surface area (Å²) in [5, 5.41) is 6.54. The predicted molar refractivity (Wildman–Crippen MR) is 101 cm³/mol. The van der Waals surface area contributed by atoms with Gasteiger partial charge in [0.15, 0.2) is 17.5 Å². The van der Waals surface area contributed by atoms with Crippen LogP contribution >= 0.6 is 0 Å². The van der Waals surface area contributed by atoms with Gasteiger partial charge in [-0.15, -0.1) is 0 Å². The van der Waals surface area contributed by atoms with Crippen LogP contribution in [0.1, 0.15) is 11.1 Å². The zero-order valence-electron chi connectivity index (χ0n) is 15.1. The quantitative estimate of drug-likeness (QED) is 0.598. The van der Waals surface area contributed by atoms with E-state index in [1.165, 1.54) is 0 Å². The first-order valence-electron chi connectivity index (χ1n) is 7.96. The number of hydrogen-bond donors (Lipinski definition) is 2. The highest BCUT2D eigenvalue weighted by molar-refractivity contribution is 5.93. The van der Waals surface area contributed by atoms with Crippen LogP contribution in [0.2, 0.25) is 0 Å². The molecule has 0 aromatic heterocycles. The summed E-state index contributed by atoms with van der Waals surface area (Å²) < 4.78 is 15.7. The van der Waals surface area contributed by atoms with Gasteiger partial charge >= 0.3 is 0 Å². The van der Waals surface area contributed by atoms with Gasteiger partial charge in [-0.2, -0.15) is 0 Å². The van der Waals surface area contributed by atoms with Crippen molar-refractivity contribution < 1.29 is 14.2 Å². The number of methoxy groups -OCH3 is 3. The van der Waals surface area contributed by atoms with Gasteiger partial charge in [-0.25, -0.2) is 0 Å². The van der Waals surface area contributed by atoms with E-state index in [9.17, 15) is 0 Å². The fourth-order valence-corrected chi connectivity index (χ4v) is 2.41. The molecule has 2 N–H and O–H groups in total. The minimum Gasteiger partial charge on any atom is -0.493 e. The molecule has 0 aliphatic heterocycles. The Morgan fingerprint density at radius 1 is 0.960 bits per heavy atom. The fraction of sp³-hybridized carbons (Fsp3) is 0.316. The predicted octanol–water partition coefficient (Wildman–Crippen LogP) is 3.04. The summed E-state index contributed by atoms with van der Waals surface area (Å²) in [4.78, 5) is 4.25. The molecule has 0 fully saturated rings. The second-order valence-corrected chi connectivity index (χ2v) is 5.37. The molecule has 2 aromatic rings. The number of hydrogen-bond acceptors (Lipinski definition) is 4. The van der Waals surface area contributed by atoms with Crippen LogP contribution in [-0.2, 0) is 17.9 Å². The van der Waals surface area contributed by atoms with Crippen LogP contribution in [0.15, 0.2) is 47.5 Å². The van der Waals surface area contributed by atoms with Crippen LogP contribution in [0.4, 0.5) is 5.69 Å². The fourth-order valence-electron chi connectivity index (χ4n) is 2.41. The van der Waals surface area contributed by atoms with Crippen molar-refractivity contribution in [3.8, 4) is 11.5 Å². The first kappa shape index (κ1) is 18.6. The van der Waals surface area contributed by atoms with Gasteiger partial charge < -0.3 is 24.8 Å². The third-order valence-electron chi connectivity index (χ3n) is 3.63. The van der Waals surface area contributed by atoms with Crippen LogP contribution in [0.25, 0.3) is 0 Å². The number of nitrogens with zero attached hydrogens (tertiary/aromatic N) is 1. The van der Waals surface area contributed by atoms with Crippen LogP contribution in [0.5, 0.6) is 11.5 Å². The van der Waals surface area contributed by atoms with Crippen LogP contribution < -0.4 is 20.1 Å². The lowest BCUT2D eigenvalue weighted by Gasteiger charge is -2.14. The molecule has 0 aliphatic carbocycles. The number of guanidine groups is 1. The summed E-state index contributed by atoms with van der Waals surface area (Å²) in [7, 11) is 6.65. The third-order valence-corrected chi connectivity index (χ3v) is 3.63. The van der Waals surface area contributed by atoms with Crippen molar-refractivity contribution in [3.05, 3.63) is 53.6 Å². The third kappa shape index (κ3) is 5.39. The highest BCUT2D eigenvalue weighted by Crippen LogP contribution is 2.29. The van der Waals surface area contributed by atoms with E-state index in [-0.39, 0.29) is 0 Å². The first-order valence-corrected chi connectivity index (χ1v) is 7.96. The summed E-state index contributed by atoms with van der Waals surface area (Å²) >= 11 is 0. The van der Waals surface area contributed by atoms with Crippen molar-refractivity contribution in [1.29, 1.82) is 0 Å². The lowest BCUT2D eigenvalue weighted by atomic mass is 10.1. The van der Waals surface area contributed by atoms with Crippen molar-refractivity contribution >= 4 is 11.6 Å². The molecule has 0 aliphatic rings. The molecule has 0 unspecified atom stereocenters. The highest BCUT2D eigenvalue weighted by atomic mass is 16.5. The molecule has 2 rings (SSSR count). The Bertz CT molecular complexity index is 717. The Kier molecular flexibility index (Phi) is 7.10. The van der Waals surface area contributed by atoms with Crippen molar-refractivity contribution in [2.45, 2.75) is 13.2 Å². The summed E-state index contributed by atoms with van der Waals surface area (Å²) in [5.41, 5.74) is 3.16. The topological polar surface area (TPSA) is 64.1 Å². The van der Waals surface area contributed by atoms with Crippen molar-refractivity contribution in [2.75, 3.05) is 33.7 Å². The minimum absolute atomic E-state index is 0.604. The maximum Gasteiger partial charge on any atom is 0.195 e. The molecule has 134 valence electrons. The normalized spacial score (nSPS) is 11.1. The van der Waals surface area contributed by atoms with E-state index in [0.717, 1.165) is 16.8 Å². The van der Waals surface area contributed by atoms with Crippen molar-refractivity contribution in [3.63, 3.8) is 0 Å². The molecular weight excluding hydrogens is 318 g/mol. The van der Waals surface area contributed by atoms with Crippen LogP contribution in [-0.4, -0.2) is 34.3 Å². The molecule has 2 aromatic carbocycles. The lowest BCUT2D eigenvalue weighted by Crippen LogP contribution is -2.30.